The van der Waals surface area contributed by atoms with Gasteiger partial charge in [0.15, 0.2) is 0 Å². The van der Waals surface area contributed by atoms with Crippen LogP contribution in [0.3, 0.4) is 0 Å². The van der Waals surface area contributed by atoms with Gasteiger partial charge in [-0.25, -0.2) is 4.79 Å². The van der Waals surface area contributed by atoms with Gasteiger partial charge >= 0.3 is 6.03 Å². The minimum absolute atomic E-state index is 0.0269. The van der Waals surface area contributed by atoms with Crippen molar-refractivity contribution in [2.24, 2.45) is 0 Å². The van der Waals surface area contributed by atoms with Gasteiger partial charge in [-0.15, -0.1) is 0 Å². The number of amides is 2. The number of hydrogen-bond donors (Lipinski definition) is 2. The predicted octanol–water partition coefficient (Wildman–Crippen LogP) is 1.37. The Morgan fingerprint density at radius 2 is 1.94 bits per heavy atom. The molecule has 0 aromatic heterocycles. The zero-order valence-corrected chi connectivity index (χ0v) is 10.6. The molecule has 1 heterocycles. The van der Waals surface area contributed by atoms with Crippen LogP contribution in [0.4, 0.5) is 10.5 Å². The lowest BCUT2D eigenvalue weighted by Crippen LogP contribution is -2.46. The van der Waals surface area contributed by atoms with Crippen molar-refractivity contribution >= 4 is 11.7 Å². The van der Waals surface area contributed by atoms with Gasteiger partial charge in [-0.3, -0.25) is 0 Å². The van der Waals surface area contributed by atoms with Gasteiger partial charge in [0, 0.05) is 18.8 Å². The number of nitrogens with one attached hydrogen (secondary N) is 1. The molecule has 0 aliphatic carbocycles. The standard InChI is InChI=1S/C13H19N3O2/c1-10(11-2-4-12(14)5-3-11)15-13(17)16-6-8-18-9-7-16/h2-5,10H,6-9,14H2,1H3,(H,15,17). The fourth-order valence-electron chi connectivity index (χ4n) is 1.91. The van der Waals surface area contributed by atoms with E-state index in [1.54, 1.807) is 4.90 Å². The maximum atomic E-state index is 12.0. The van der Waals surface area contributed by atoms with Crippen LogP contribution in [0.25, 0.3) is 0 Å². The Labute approximate surface area is 107 Å². The van der Waals surface area contributed by atoms with E-state index in [1.165, 1.54) is 0 Å². The summed E-state index contributed by atoms with van der Waals surface area (Å²) >= 11 is 0. The number of anilines is 1. The third kappa shape index (κ3) is 3.13. The number of nitrogen functional groups attached to an aromatic ring is 1. The van der Waals surface area contributed by atoms with Crippen LogP contribution < -0.4 is 11.1 Å². The Kier molecular flexibility index (Phi) is 4.04. The molecular formula is C13H19N3O2. The highest BCUT2D eigenvalue weighted by Crippen LogP contribution is 2.14. The van der Waals surface area contributed by atoms with Crippen molar-refractivity contribution in [1.29, 1.82) is 0 Å². The monoisotopic (exact) mass is 249 g/mol. The molecule has 1 aromatic rings. The van der Waals surface area contributed by atoms with Gasteiger partial charge in [0.25, 0.3) is 0 Å². The fourth-order valence-corrected chi connectivity index (χ4v) is 1.91. The van der Waals surface area contributed by atoms with E-state index in [9.17, 15) is 4.79 Å². The second-order valence-corrected chi connectivity index (χ2v) is 4.44. The molecule has 1 aliphatic rings. The molecule has 2 rings (SSSR count). The van der Waals surface area contributed by atoms with Crippen LogP contribution in [0.5, 0.6) is 0 Å². The zero-order valence-electron chi connectivity index (χ0n) is 10.6. The number of carbonyl (C=O) groups excluding carboxylic acids is 1. The van der Waals surface area contributed by atoms with Crippen molar-refractivity contribution in [3.05, 3.63) is 29.8 Å². The van der Waals surface area contributed by atoms with Gasteiger partial charge in [-0.05, 0) is 24.6 Å². The van der Waals surface area contributed by atoms with Crippen molar-refractivity contribution in [1.82, 2.24) is 10.2 Å². The average molecular weight is 249 g/mol. The van der Waals surface area contributed by atoms with Crippen LogP contribution in [0, 0.1) is 0 Å². The van der Waals surface area contributed by atoms with Crippen molar-refractivity contribution in [2.75, 3.05) is 32.0 Å². The second kappa shape index (κ2) is 5.73. The van der Waals surface area contributed by atoms with E-state index in [4.69, 9.17) is 10.5 Å². The summed E-state index contributed by atoms with van der Waals surface area (Å²) in [6.07, 6.45) is 0. The first-order valence-corrected chi connectivity index (χ1v) is 6.15. The van der Waals surface area contributed by atoms with E-state index in [1.807, 2.05) is 31.2 Å². The predicted molar refractivity (Wildman–Crippen MR) is 70.2 cm³/mol. The second-order valence-electron chi connectivity index (χ2n) is 4.44. The summed E-state index contributed by atoms with van der Waals surface area (Å²) in [5.74, 6) is 0. The van der Waals surface area contributed by atoms with E-state index in [0.29, 0.717) is 26.3 Å². The maximum absolute atomic E-state index is 12.0. The molecule has 0 saturated carbocycles. The van der Waals surface area contributed by atoms with Gasteiger partial charge in [0.1, 0.15) is 0 Å². The van der Waals surface area contributed by atoms with Crippen LogP contribution >= 0.6 is 0 Å². The summed E-state index contributed by atoms with van der Waals surface area (Å²) in [4.78, 5) is 13.8. The van der Waals surface area contributed by atoms with E-state index in [2.05, 4.69) is 5.32 Å². The Balaban J connectivity index is 1.91. The van der Waals surface area contributed by atoms with E-state index >= 15 is 0 Å². The van der Waals surface area contributed by atoms with Crippen LogP contribution in [-0.2, 0) is 4.74 Å². The Morgan fingerprint density at radius 3 is 2.56 bits per heavy atom. The lowest BCUT2D eigenvalue weighted by atomic mass is 10.1. The fraction of sp³-hybridized carbons (Fsp3) is 0.462. The maximum Gasteiger partial charge on any atom is 0.318 e. The highest BCUT2D eigenvalue weighted by atomic mass is 16.5. The number of rotatable bonds is 2. The highest BCUT2D eigenvalue weighted by Gasteiger charge is 2.18. The summed E-state index contributed by atoms with van der Waals surface area (Å²) in [5.41, 5.74) is 7.41. The molecule has 5 heteroatoms. The first kappa shape index (κ1) is 12.7. The summed E-state index contributed by atoms with van der Waals surface area (Å²) in [5, 5.41) is 2.98. The number of ether oxygens (including phenoxy) is 1. The number of benzene rings is 1. The molecule has 3 N–H and O–H groups in total. The quantitative estimate of drug-likeness (QED) is 0.778. The number of urea groups is 1. The minimum atomic E-state index is -0.0392. The van der Waals surface area contributed by atoms with Crippen molar-refractivity contribution in [3.8, 4) is 0 Å². The lowest BCUT2D eigenvalue weighted by Gasteiger charge is -2.28. The van der Waals surface area contributed by atoms with Crippen LogP contribution in [0.2, 0.25) is 0 Å². The molecular weight excluding hydrogens is 230 g/mol. The largest absolute Gasteiger partial charge is 0.399 e. The first-order chi connectivity index (χ1) is 8.66. The smallest absolute Gasteiger partial charge is 0.318 e. The molecule has 2 amide bonds. The third-order valence-electron chi connectivity index (χ3n) is 3.07. The molecule has 1 fully saturated rings. The van der Waals surface area contributed by atoms with Gasteiger partial charge in [0.2, 0.25) is 0 Å². The Morgan fingerprint density at radius 1 is 1.33 bits per heavy atom. The van der Waals surface area contributed by atoms with Crippen LogP contribution in [0.1, 0.15) is 18.5 Å². The summed E-state index contributed by atoms with van der Waals surface area (Å²) in [6, 6.07) is 7.47. The molecule has 1 saturated heterocycles. The average Bonchev–Trinajstić information content (AvgIpc) is 2.40. The van der Waals surface area contributed by atoms with Gasteiger partial charge < -0.3 is 20.7 Å². The summed E-state index contributed by atoms with van der Waals surface area (Å²) in [7, 11) is 0. The van der Waals surface area contributed by atoms with Gasteiger partial charge in [-0.2, -0.15) is 0 Å². The summed E-state index contributed by atoms with van der Waals surface area (Å²) in [6.45, 7) is 4.50. The molecule has 0 spiro atoms. The van der Waals surface area contributed by atoms with Crippen molar-refractivity contribution < 1.29 is 9.53 Å². The molecule has 1 aliphatic heterocycles. The summed E-state index contributed by atoms with van der Waals surface area (Å²) < 4.78 is 5.22. The molecule has 5 nitrogen and oxygen atoms in total. The molecule has 98 valence electrons. The Hall–Kier alpha value is -1.75. The van der Waals surface area contributed by atoms with Gasteiger partial charge in [-0.1, -0.05) is 12.1 Å². The van der Waals surface area contributed by atoms with E-state index in [-0.39, 0.29) is 12.1 Å². The lowest BCUT2D eigenvalue weighted by molar-refractivity contribution is 0.0526. The van der Waals surface area contributed by atoms with Crippen molar-refractivity contribution in [2.45, 2.75) is 13.0 Å². The number of hydrogen-bond acceptors (Lipinski definition) is 3. The first-order valence-electron chi connectivity index (χ1n) is 6.15. The number of nitrogens with zero attached hydrogens (tertiary/aromatic N) is 1. The third-order valence-corrected chi connectivity index (χ3v) is 3.07. The molecule has 0 radical (unpaired) electrons. The molecule has 0 bridgehead atoms. The van der Waals surface area contributed by atoms with E-state index < -0.39 is 0 Å². The molecule has 18 heavy (non-hydrogen) atoms. The molecule has 1 aromatic carbocycles. The Bertz CT molecular complexity index is 399. The number of carbonyl (C=O) groups is 1. The number of nitrogens with two attached hydrogens (primary N) is 1. The highest BCUT2D eigenvalue weighted by molar-refractivity contribution is 5.74. The van der Waals surface area contributed by atoms with E-state index in [0.717, 1.165) is 11.3 Å². The van der Waals surface area contributed by atoms with Crippen LogP contribution in [-0.4, -0.2) is 37.2 Å². The zero-order chi connectivity index (χ0) is 13.0. The SMILES string of the molecule is CC(NC(=O)N1CCOCC1)c1ccc(N)cc1. The minimum Gasteiger partial charge on any atom is -0.399 e. The van der Waals surface area contributed by atoms with Crippen molar-refractivity contribution in [3.63, 3.8) is 0 Å². The molecule has 1 atom stereocenters. The molecule has 1 unspecified atom stereocenters. The number of morpholine rings is 1. The van der Waals surface area contributed by atoms with Gasteiger partial charge in [0.05, 0.1) is 19.3 Å². The normalized spacial score (nSPS) is 17.3. The van der Waals surface area contributed by atoms with Crippen LogP contribution in [0.15, 0.2) is 24.3 Å². The topological polar surface area (TPSA) is 67.6 Å².